The molecule has 19 heavy (non-hydrogen) atoms. The number of benzene rings is 1. The summed E-state index contributed by atoms with van der Waals surface area (Å²) in [5, 5.41) is 9.69. The Labute approximate surface area is 117 Å². The van der Waals surface area contributed by atoms with Crippen molar-refractivity contribution in [1.29, 1.82) is 0 Å². The molecule has 1 heterocycles. The summed E-state index contributed by atoms with van der Waals surface area (Å²) in [5.41, 5.74) is 7.45. The Balaban J connectivity index is 2.35. The van der Waals surface area contributed by atoms with Crippen molar-refractivity contribution in [1.82, 2.24) is 0 Å². The van der Waals surface area contributed by atoms with E-state index in [1.165, 1.54) is 0 Å². The normalized spacial score (nSPS) is 17.4. The number of hydrogen-bond donors (Lipinski definition) is 2. The average Bonchev–Trinajstić information content (AvgIpc) is 2.47. The maximum absolute atomic E-state index is 9.14. The number of nitrogens with two attached hydrogens (primary N) is 1. The first-order valence-corrected chi connectivity index (χ1v) is 6.61. The van der Waals surface area contributed by atoms with Crippen LogP contribution in [0.5, 0.6) is 5.75 Å². The molecule has 2 rings (SSSR count). The zero-order valence-corrected chi connectivity index (χ0v) is 11.7. The molecule has 1 saturated heterocycles. The van der Waals surface area contributed by atoms with Crippen molar-refractivity contribution in [3.63, 3.8) is 0 Å². The molecule has 0 radical (unpaired) electrons. The summed E-state index contributed by atoms with van der Waals surface area (Å²) in [4.78, 5) is 2.17. The van der Waals surface area contributed by atoms with Gasteiger partial charge in [0.2, 0.25) is 0 Å². The first-order chi connectivity index (χ1) is 9.17. The fourth-order valence-electron chi connectivity index (χ4n) is 2.16. The van der Waals surface area contributed by atoms with Crippen LogP contribution in [0.2, 0.25) is 5.02 Å². The quantitative estimate of drug-likeness (QED) is 0.870. The van der Waals surface area contributed by atoms with Gasteiger partial charge in [0.05, 0.1) is 38.7 Å². The first-order valence-electron chi connectivity index (χ1n) is 6.24. The van der Waals surface area contributed by atoms with Crippen LogP contribution in [0.15, 0.2) is 12.1 Å². The van der Waals surface area contributed by atoms with Crippen LogP contribution in [0, 0.1) is 0 Å². The van der Waals surface area contributed by atoms with E-state index in [1.54, 1.807) is 13.2 Å². The van der Waals surface area contributed by atoms with E-state index in [0.717, 1.165) is 18.8 Å². The standard InChI is InChI=1S/C13H19ClN2O3/c1-18-13-6-9(11(15)8-17)10(14)7-12(13)16-2-4-19-5-3-16/h6-7,11,17H,2-5,8,15H2,1H3/t11-/m0/s1. The van der Waals surface area contributed by atoms with Crippen molar-refractivity contribution in [2.75, 3.05) is 44.9 Å². The van der Waals surface area contributed by atoms with Gasteiger partial charge >= 0.3 is 0 Å². The van der Waals surface area contributed by atoms with Gasteiger partial charge in [0.15, 0.2) is 0 Å². The largest absolute Gasteiger partial charge is 0.495 e. The SMILES string of the molecule is COc1cc([C@@H](N)CO)c(Cl)cc1N1CCOCC1. The number of nitrogens with zero attached hydrogens (tertiary/aromatic N) is 1. The molecular formula is C13H19ClN2O3. The van der Waals surface area contributed by atoms with Crippen LogP contribution in [-0.2, 0) is 4.74 Å². The fraction of sp³-hybridized carbons (Fsp3) is 0.538. The molecular weight excluding hydrogens is 268 g/mol. The molecule has 0 aromatic heterocycles. The summed E-state index contributed by atoms with van der Waals surface area (Å²) in [6, 6.07) is 3.14. The van der Waals surface area contributed by atoms with Gasteiger partial charge in [-0.1, -0.05) is 11.6 Å². The summed E-state index contributed by atoms with van der Waals surface area (Å²) in [6.07, 6.45) is 0. The maximum atomic E-state index is 9.14. The number of anilines is 1. The van der Waals surface area contributed by atoms with Crippen LogP contribution in [-0.4, -0.2) is 45.1 Å². The predicted octanol–water partition coefficient (Wildman–Crippen LogP) is 1.18. The second-order valence-corrected chi connectivity index (χ2v) is 4.84. The molecule has 0 spiro atoms. The van der Waals surface area contributed by atoms with Crippen LogP contribution in [0.4, 0.5) is 5.69 Å². The van der Waals surface area contributed by atoms with E-state index in [0.29, 0.717) is 29.5 Å². The number of rotatable bonds is 4. The molecule has 1 fully saturated rings. The van der Waals surface area contributed by atoms with Gasteiger partial charge in [0, 0.05) is 18.1 Å². The third-order valence-electron chi connectivity index (χ3n) is 3.25. The summed E-state index contributed by atoms with van der Waals surface area (Å²) >= 11 is 6.25. The van der Waals surface area contributed by atoms with Gasteiger partial charge in [-0.05, 0) is 17.7 Å². The zero-order chi connectivity index (χ0) is 13.8. The Morgan fingerprint density at radius 1 is 1.47 bits per heavy atom. The van der Waals surface area contributed by atoms with E-state index < -0.39 is 6.04 Å². The Bertz CT molecular complexity index is 436. The number of ether oxygens (including phenoxy) is 2. The number of morpholine rings is 1. The Morgan fingerprint density at radius 3 is 2.74 bits per heavy atom. The molecule has 1 aliphatic heterocycles. The second-order valence-electron chi connectivity index (χ2n) is 4.43. The highest BCUT2D eigenvalue weighted by Gasteiger charge is 2.19. The topological polar surface area (TPSA) is 68.0 Å². The van der Waals surface area contributed by atoms with Crippen molar-refractivity contribution in [2.24, 2.45) is 5.73 Å². The van der Waals surface area contributed by atoms with Crippen LogP contribution < -0.4 is 15.4 Å². The second kappa shape index (κ2) is 6.43. The fourth-order valence-corrected chi connectivity index (χ4v) is 2.45. The average molecular weight is 287 g/mol. The highest BCUT2D eigenvalue weighted by Crippen LogP contribution is 2.36. The van der Waals surface area contributed by atoms with Crippen molar-refractivity contribution < 1.29 is 14.6 Å². The minimum atomic E-state index is -0.500. The highest BCUT2D eigenvalue weighted by molar-refractivity contribution is 6.31. The zero-order valence-electron chi connectivity index (χ0n) is 10.9. The van der Waals surface area contributed by atoms with E-state index in [9.17, 15) is 0 Å². The van der Waals surface area contributed by atoms with Gasteiger partial charge in [-0.2, -0.15) is 0 Å². The van der Waals surface area contributed by atoms with Gasteiger partial charge in [-0.15, -0.1) is 0 Å². The number of aliphatic hydroxyl groups excluding tert-OH is 1. The summed E-state index contributed by atoms with van der Waals surface area (Å²) < 4.78 is 10.7. The third kappa shape index (κ3) is 3.12. The van der Waals surface area contributed by atoms with Gasteiger partial charge in [-0.3, -0.25) is 0 Å². The molecule has 0 aliphatic carbocycles. The lowest BCUT2D eigenvalue weighted by Gasteiger charge is -2.30. The van der Waals surface area contributed by atoms with Gasteiger partial charge in [0.25, 0.3) is 0 Å². The molecule has 5 nitrogen and oxygen atoms in total. The summed E-state index contributed by atoms with van der Waals surface area (Å²) in [7, 11) is 1.61. The Morgan fingerprint density at radius 2 is 2.16 bits per heavy atom. The Kier molecular flexibility index (Phi) is 4.87. The molecule has 1 aromatic carbocycles. The maximum Gasteiger partial charge on any atom is 0.142 e. The number of methoxy groups -OCH3 is 1. The minimum absolute atomic E-state index is 0.153. The molecule has 0 bridgehead atoms. The molecule has 1 atom stereocenters. The Hall–Kier alpha value is -1.01. The number of halogens is 1. The van der Waals surface area contributed by atoms with Crippen molar-refractivity contribution in [3.05, 3.63) is 22.7 Å². The van der Waals surface area contributed by atoms with Gasteiger partial charge in [0.1, 0.15) is 5.75 Å². The lowest BCUT2D eigenvalue weighted by Crippen LogP contribution is -2.36. The number of aliphatic hydroxyl groups is 1. The lowest BCUT2D eigenvalue weighted by molar-refractivity contribution is 0.122. The predicted molar refractivity (Wildman–Crippen MR) is 75.1 cm³/mol. The molecule has 3 N–H and O–H groups in total. The molecule has 1 aliphatic rings. The first kappa shape index (κ1) is 14.4. The van der Waals surface area contributed by atoms with Gasteiger partial charge < -0.3 is 25.2 Å². The van der Waals surface area contributed by atoms with E-state index in [1.807, 2.05) is 6.07 Å². The molecule has 6 heteroatoms. The third-order valence-corrected chi connectivity index (χ3v) is 3.57. The van der Waals surface area contributed by atoms with E-state index in [4.69, 9.17) is 31.9 Å². The lowest BCUT2D eigenvalue weighted by atomic mass is 10.1. The summed E-state index contributed by atoms with van der Waals surface area (Å²) in [5.74, 6) is 0.713. The molecule has 1 aromatic rings. The smallest absolute Gasteiger partial charge is 0.142 e. The van der Waals surface area contributed by atoms with Crippen molar-refractivity contribution >= 4 is 17.3 Å². The molecule has 0 unspecified atom stereocenters. The monoisotopic (exact) mass is 286 g/mol. The van der Waals surface area contributed by atoms with E-state index in [-0.39, 0.29) is 6.61 Å². The van der Waals surface area contributed by atoms with Crippen LogP contribution in [0.3, 0.4) is 0 Å². The van der Waals surface area contributed by atoms with Crippen LogP contribution in [0.1, 0.15) is 11.6 Å². The molecule has 106 valence electrons. The molecule has 0 saturated carbocycles. The minimum Gasteiger partial charge on any atom is -0.495 e. The van der Waals surface area contributed by atoms with E-state index in [2.05, 4.69) is 4.90 Å². The van der Waals surface area contributed by atoms with Crippen LogP contribution >= 0.6 is 11.6 Å². The van der Waals surface area contributed by atoms with Gasteiger partial charge in [-0.25, -0.2) is 0 Å². The highest BCUT2D eigenvalue weighted by atomic mass is 35.5. The summed E-state index contributed by atoms with van der Waals surface area (Å²) in [6.45, 7) is 2.84. The molecule has 0 amide bonds. The van der Waals surface area contributed by atoms with Crippen LogP contribution in [0.25, 0.3) is 0 Å². The van der Waals surface area contributed by atoms with Crippen molar-refractivity contribution in [2.45, 2.75) is 6.04 Å². The van der Waals surface area contributed by atoms with Crippen molar-refractivity contribution in [3.8, 4) is 5.75 Å². The van der Waals surface area contributed by atoms with E-state index >= 15 is 0 Å². The number of hydrogen-bond acceptors (Lipinski definition) is 5.